The van der Waals surface area contributed by atoms with Gasteiger partial charge in [0.05, 0.1) is 24.9 Å². The standard InChI is InChI=1S/C40H46N2O7/c1-27(39(47)32-9-4-3-5-10-32)42(2)25-35-23-36(31-16-14-28(26-43)15-17-31)49-40(48-35)33-20-18-30(19-21-33)34-11-6-8-29(22-34)24-41-37(44)12-7-13-38(45)46/h3-6,8-11,14-22,27,35-36,39-40,43,47H,7,12-13,23-26H2,1-2H3,(H,41,44)(H,45,46)/t27-,35-,36+,39-,40+/m1/s1. The Balaban J connectivity index is 1.28. The smallest absolute Gasteiger partial charge is 0.303 e. The van der Waals surface area contributed by atoms with Crippen molar-refractivity contribution in [2.24, 2.45) is 0 Å². The van der Waals surface area contributed by atoms with Gasteiger partial charge in [0.15, 0.2) is 6.29 Å². The number of nitrogens with one attached hydrogen (secondary N) is 1. The summed E-state index contributed by atoms with van der Waals surface area (Å²) in [7, 11) is 2.00. The average molecular weight is 667 g/mol. The van der Waals surface area contributed by atoms with Gasteiger partial charge in [0, 0.05) is 44.0 Å². The van der Waals surface area contributed by atoms with Crippen LogP contribution < -0.4 is 5.32 Å². The largest absolute Gasteiger partial charge is 0.481 e. The first-order valence-corrected chi connectivity index (χ1v) is 16.8. The van der Waals surface area contributed by atoms with Gasteiger partial charge in [0.1, 0.15) is 0 Å². The number of likely N-dealkylation sites (N-methyl/N-ethyl adjacent to an activating group) is 1. The van der Waals surface area contributed by atoms with Crippen molar-refractivity contribution in [1.29, 1.82) is 0 Å². The van der Waals surface area contributed by atoms with Crippen LogP contribution in [-0.4, -0.2) is 57.8 Å². The number of nitrogens with zero attached hydrogens (tertiary/aromatic N) is 1. The van der Waals surface area contributed by atoms with E-state index < -0.39 is 18.4 Å². The van der Waals surface area contributed by atoms with Crippen LogP contribution in [0.4, 0.5) is 0 Å². The number of aliphatic hydroxyl groups is 2. The molecule has 0 bridgehead atoms. The molecule has 49 heavy (non-hydrogen) atoms. The van der Waals surface area contributed by atoms with E-state index in [4.69, 9.17) is 14.6 Å². The van der Waals surface area contributed by atoms with Gasteiger partial charge in [0.25, 0.3) is 0 Å². The Morgan fingerprint density at radius 3 is 2.27 bits per heavy atom. The lowest BCUT2D eigenvalue weighted by molar-refractivity contribution is -0.253. The zero-order chi connectivity index (χ0) is 34.8. The molecule has 0 spiro atoms. The highest BCUT2D eigenvalue weighted by Crippen LogP contribution is 2.39. The van der Waals surface area contributed by atoms with Gasteiger partial charge in [-0.2, -0.15) is 0 Å². The first-order chi connectivity index (χ1) is 23.7. The molecule has 5 atom stereocenters. The maximum Gasteiger partial charge on any atom is 0.303 e. The molecule has 0 radical (unpaired) electrons. The molecule has 0 unspecified atom stereocenters. The van der Waals surface area contributed by atoms with E-state index in [0.29, 0.717) is 25.9 Å². The van der Waals surface area contributed by atoms with Crippen molar-refractivity contribution in [2.75, 3.05) is 13.6 Å². The van der Waals surface area contributed by atoms with E-state index in [0.717, 1.165) is 38.9 Å². The summed E-state index contributed by atoms with van der Waals surface area (Å²) < 4.78 is 13.1. The van der Waals surface area contributed by atoms with E-state index in [9.17, 15) is 19.8 Å². The summed E-state index contributed by atoms with van der Waals surface area (Å²) in [5, 5.41) is 32.3. The van der Waals surface area contributed by atoms with Crippen LogP contribution in [0.5, 0.6) is 0 Å². The Morgan fingerprint density at radius 1 is 0.857 bits per heavy atom. The molecule has 1 aliphatic rings. The third-order valence-electron chi connectivity index (χ3n) is 9.13. The van der Waals surface area contributed by atoms with E-state index in [1.807, 2.05) is 117 Å². The molecule has 0 saturated carbocycles. The van der Waals surface area contributed by atoms with E-state index in [2.05, 4.69) is 10.2 Å². The molecule has 1 aliphatic heterocycles. The van der Waals surface area contributed by atoms with Crippen molar-refractivity contribution >= 4 is 11.9 Å². The minimum atomic E-state index is -0.904. The second kappa shape index (κ2) is 17.3. The van der Waals surface area contributed by atoms with Gasteiger partial charge in [0.2, 0.25) is 5.91 Å². The highest BCUT2D eigenvalue weighted by molar-refractivity contribution is 5.76. The molecular weight excluding hydrogens is 620 g/mol. The molecule has 9 heteroatoms. The molecular formula is C40H46N2O7. The number of hydrogen-bond donors (Lipinski definition) is 4. The van der Waals surface area contributed by atoms with Crippen LogP contribution in [0, 0.1) is 0 Å². The summed E-state index contributed by atoms with van der Waals surface area (Å²) in [6.45, 7) is 2.95. The molecule has 258 valence electrons. The number of ether oxygens (including phenoxy) is 2. The molecule has 4 aromatic rings. The fourth-order valence-corrected chi connectivity index (χ4v) is 6.07. The van der Waals surface area contributed by atoms with Crippen LogP contribution in [-0.2, 0) is 32.2 Å². The normalized spacial score (nSPS) is 18.9. The highest BCUT2D eigenvalue weighted by Gasteiger charge is 2.34. The van der Waals surface area contributed by atoms with E-state index in [1.165, 1.54) is 0 Å². The average Bonchev–Trinajstić information content (AvgIpc) is 3.13. The summed E-state index contributed by atoms with van der Waals surface area (Å²) in [5.74, 6) is -1.07. The van der Waals surface area contributed by atoms with Crippen LogP contribution in [0.1, 0.15) is 78.9 Å². The molecule has 4 aromatic carbocycles. The Morgan fingerprint density at radius 2 is 1.57 bits per heavy atom. The fraction of sp³-hybridized carbons (Fsp3) is 0.350. The number of carbonyl (C=O) groups is 2. The van der Waals surface area contributed by atoms with Crippen LogP contribution in [0.15, 0.2) is 103 Å². The van der Waals surface area contributed by atoms with Gasteiger partial charge in [-0.05, 0) is 59.8 Å². The number of aliphatic hydroxyl groups excluding tert-OH is 2. The Hall–Kier alpha value is -4.38. The molecule has 4 N–H and O–H groups in total. The second-order valence-electron chi connectivity index (χ2n) is 12.7. The van der Waals surface area contributed by atoms with Crippen molar-refractivity contribution in [3.05, 3.63) is 131 Å². The minimum Gasteiger partial charge on any atom is -0.481 e. The van der Waals surface area contributed by atoms with Gasteiger partial charge in [-0.15, -0.1) is 0 Å². The lowest BCUT2D eigenvalue weighted by Crippen LogP contribution is -2.43. The quantitative estimate of drug-likeness (QED) is 0.116. The molecule has 1 fully saturated rings. The van der Waals surface area contributed by atoms with Crippen molar-refractivity contribution in [1.82, 2.24) is 10.2 Å². The van der Waals surface area contributed by atoms with Crippen molar-refractivity contribution in [2.45, 2.75) is 76.4 Å². The topological polar surface area (TPSA) is 129 Å². The second-order valence-corrected chi connectivity index (χ2v) is 12.7. The maximum absolute atomic E-state index is 12.1. The fourth-order valence-electron chi connectivity index (χ4n) is 6.07. The third-order valence-corrected chi connectivity index (χ3v) is 9.13. The van der Waals surface area contributed by atoms with Crippen LogP contribution in [0.2, 0.25) is 0 Å². The molecule has 1 saturated heterocycles. The Kier molecular flexibility index (Phi) is 12.7. The summed E-state index contributed by atoms with van der Waals surface area (Å²) in [6, 6.07) is 33.4. The minimum absolute atomic E-state index is 0.0227. The Labute approximate surface area is 288 Å². The number of hydrogen-bond acceptors (Lipinski definition) is 7. The monoisotopic (exact) mass is 666 g/mol. The van der Waals surface area contributed by atoms with Crippen molar-refractivity contribution in [3.63, 3.8) is 0 Å². The van der Waals surface area contributed by atoms with E-state index in [1.54, 1.807) is 0 Å². The van der Waals surface area contributed by atoms with Crippen molar-refractivity contribution < 1.29 is 34.4 Å². The number of carboxylic acid groups (broad SMARTS) is 1. The molecule has 1 heterocycles. The maximum atomic E-state index is 12.1. The van der Waals surface area contributed by atoms with E-state index >= 15 is 0 Å². The van der Waals surface area contributed by atoms with Crippen LogP contribution in [0.25, 0.3) is 11.1 Å². The number of benzene rings is 4. The first-order valence-electron chi connectivity index (χ1n) is 16.8. The number of carbonyl (C=O) groups excluding carboxylic acids is 1. The lowest BCUT2D eigenvalue weighted by atomic mass is 9.98. The summed E-state index contributed by atoms with van der Waals surface area (Å²) in [5.41, 5.74) is 6.56. The van der Waals surface area contributed by atoms with Gasteiger partial charge in [-0.1, -0.05) is 97.1 Å². The molecule has 9 nitrogen and oxygen atoms in total. The van der Waals surface area contributed by atoms with Gasteiger partial charge in [-0.25, -0.2) is 0 Å². The molecule has 5 rings (SSSR count). The SMILES string of the molecule is C[C@H]([C@@H](O)c1ccccc1)N(C)C[C@H]1C[C@@H](c2ccc(CO)cc2)O[C@@H](c2ccc(-c3cccc(CNC(=O)CCCC(=O)O)c3)cc2)O1. The van der Waals surface area contributed by atoms with Crippen LogP contribution >= 0.6 is 0 Å². The Bertz CT molecular complexity index is 1650. The number of amides is 1. The van der Waals surface area contributed by atoms with E-state index in [-0.39, 0.29) is 43.6 Å². The van der Waals surface area contributed by atoms with Crippen molar-refractivity contribution in [3.8, 4) is 11.1 Å². The van der Waals surface area contributed by atoms with Gasteiger partial charge in [-0.3, -0.25) is 14.5 Å². The zero-order valence-electron chi connectivity index (χ0n) is 28.1. The summed E-state index contributed by atoms with van der Waals surface area (Å²) >= 11 is 0. The molecule has 1 amide bonds. The van der Waals surface area contributed by atoms with Gasteiger partial charge < -0.3 is 30.1 Å². The number of aliphatic carboxylic acids is 1. The molecule has 0 aliphatic carbocycles. The third kappa shape index (κ3) is 10.1. The number of carboxylic acids is 1. The lowest BCUT2D eigenvalue weighted by Gasteiger charge is -2.39. The number of rotatable bonds is 15. The highest BCUT2D eigenvalue weighted by atomic mass is 16.7. The van der Waals surface area contributed by atoms with Gasteiger partial charge >= 0.3 is 5.97 Å². The summed E-state index contributed by atoms with van der Waals surface area (Å²) in [4.78, 5) is 25.0. The first kappa shape index (κ1) is 35.9. The zero-order valence-corrected chi connectivity index (χ0v) is 28.1. The predicted molar refractivity (Wildman–Crippen MR) is 187 cm³/mol. The van der Waals surface area contributed by atoms with Crippen LogP contribution in [0.3, 0.4) is 0 Å². The predicted octanol–water partition coefficient (Wildman–Crippen LogP) is 6.32. The summed E-state index contributed by atoms with van der Waals surface area (Å²) in [6.07, 6.45) is -0.553. The molecule has 0 aromatic heterocycles.